The summed E-state index contributed by atoms with van der Waals surface area (Å²) in [7, 11) is 2.01. The minimum atomic E-state index is -0.955. The second-order valence-corrected chi connectivity index (χ2v) is 4.43. The van der Waals surface area contributed by atoms with Crippen LogP contribution in [0.3, 0.4) is 0 Å². The number of pyridine rings is 1. The van der Waals surface area contributed by atoms with Crippen LogP contribution in [0.15, 0.2) is 31.0 Å². The average Bonchev–Trinajstić information content (AvgIpc) is 2.36. The molecule has 0 aliphatic rings. The van der Waals surface area contributed by atoms with Crippen molar-refractivity contribution in [2.24, 2.45) is 0 Å². The highest BCUT2D eigenvalue weighted by Gasteiger charge is 2.06. The van der Waals surface area contributed by atoms with Crippen molar-refractivity contribution in [1.29, 1.82) is 0 Å². The van der Waals surface area contributed by atoms with Gasteiger partial charge in [-0.1, -0.05) is 6.08 Å². The van der Waals surface area contributed by atoms with Gasteiger partial charge in [-0.05, 0) is 43.0 Å². The van der Waals surface area contributed by atoms with E-state index in [2.05, 4.69) is 16.5 Å². The molecule has 0 spiro atoms. The Hall–Kier alpha value is -2.10. The highest BCUT2D eigenvalue weighted by atomic mass is 16.4. The van der Waals surface area contributed by atoms with Crippen molar-refractivity contribution in [2.45, 2.75) is 19.8 Å². The van der Waals surface area contributed by atoms with Gasteiger partial charge in [0.05, 0.1) is 0 Å². The summed E-state index contributed by atoms with van der Waals surface area (Å²) < 4.78 is 0. The molecule has 1 aromatic heterocycles. The third kappa shape index (κ3) is 4.95. The molecule has 1 N–H and O–H groups in total. The van der Waals surface area contributed by atoms with Crippen molar-refractivity contribution >= 4 is 17.9 Å². The van der Waals surface area contributed by atoms with E-state index in [1.54, 1.807) is 12.3 Å². The summed E-state index contributed by atoms with van der Waals surface area (Å²) in [6.45, 7) is 6.60. The average molecular weight is 260 g/mol. The van der Waals surface area contributed by atoms with Crippen molar-refractivity contribution in [3.63, 3.8) is 0 Å². The Labute approximate surface area is 114 Å². The van der Waals surface area contributed by atoms with E-state index in [4.69, 9.17) is 5.11 Å². The van der Waals surface area contributed by atoms with Crippen LogP contribution in [0.4, 0.5) is 5.82 Å². The van der Waals surface area contributed by atoms with E-state index in [0.29, 0.717) is 0 Å². The van der Waals surface area contributed by atoms with E-state index < -0.39 is 5.97 Å². The normalized spacial score (nSPS) is 10.6. The third-order valence-corrected chi connectivity index (χ3v) is 2.75. The first kappa shape index (κ1) is 15.0. The maximum absolute atomic E-state index is 10.5. The van der Waals surface area contributed by atoms with Gasteiger partial charge in [-0.3, -0.25) is 0 Å². The number of allylic oxidation sites excluding steroid dienone is 1. The van der Waals surface area contributed by atoms with E-state index in [-0.39, 0.29) is 0 Å². The molecule has 1 heterocycles. The molecule has 0 aromatic carbocycles. The molecule has 1 rings (SSSR count). The maximum Gasteiger partial charge on any atom is 0.328 e. The number of unbranched alkanes of at least 4 members (excludes halogenated alkanes) is 1. The molecule has 0 aliphatic heterocycles. The first-order valence-corrected chi connectivity index (χ1v) is 6.24. The Balaban J connectivity index is 2.76. The molecule has 19 heavy (non-hydrogen) atoms. The molecule has 0 radical (unpaired) electrons. The van der Waals surface area contributed by atoms with Crippen LogP contribution in [0, 0.1) is 6.92 Å². The lowest BCUT2D eigenvalue weighted by Gasteiger charge is -2.20. The van der Waals surface area contributed by atoms with Crippen LogP contribution in [0.25, 0.3) is 6.08 Å². The first-order chi connectivity index (χ1) is 9.04. The van der Waals surface area contributed by atoms with Gasteiger partial charge in [0.2, 0.25) is 0 Å². The van der Waals surface area contributed by atoms with Crippen LogP contribution in [0.5, 0.6) is 0 Å². The maximum atomic E-state index is 10.5. The van der Waals surface area contributed by atoms with E-state index in [1.165, 1.54) is 0 Å². The lowest BCUT2D eigenvalue weighted by molar-refractivity contribution is -0.131. The zero-order valence-electron chi connectivity index (χ0n) is 11.5. The van der Waals surface area contributed by atoms with Gasteiger partial charge in [0.25, 0.3) is 0 Å². The highest BCUT2D eigenvalue weighted by Crippen LogP contribution is 2.17. The molecule has 4 heteroatoms. The number of anilines is 1. The molecule has 4 nitrogen and oxygen atoms in total. The summed E-state index contributed by atoms with van der Waals surface area (Å²) in [6, 6.07) is 1.94. The van der Waals surface area contributed by atoms with Crippen LogP contribution in [-0.2, 0) is 4.79 Å². The van der Waals surface area contributed by atoms with Gasteiger partial charge in [-0.25, -0.2) is 9.78 Å². The van der Waals surface area contributed by atoms with Crippen molar-refractivity contribution in [3.8, 4) is 0 Å². The number of hydrogen-bond acceptors (Lipinski definition) is 3. The third-order valence-electron chi connectivity index (χ3n) is 2.75. The second-order valence-electron chi connectivity index (χ2n) is 4.43. The molecule has 0 fully saturated rings. The SMILES string of the molecule is C=CCCCN(C)c1ncc(/C=C/C(=O)O)cc1C. The predicted octanol–water partition coefficient (Wildman–Crippen LogP) is 2.89. The van der Waals surface area contributed by atoms with Gasteiger partial charge < -0.3 is 10.0 Å². The number of aromatic nitrogens is 1. The van der Waals surface area contributed by atoms with Gasteiger partial charge >= 0.3 is 5.97 Å². The van der Waals surface area contributed by atoms with Gasteiger partial charge in [0.1, 0.15) is 5.82 Å². The summed E-state index contributed by atoms with van der Waals surface area (Å²) in [6.07, 6.45) is 8.29. The number of aryl methyl sites for hydroxylation is 1. The number of carbonyl (C=O) groups is 1. The van der Waals surface area contributed by atoms with Gasteiger partial charge in [-0.15, -0.1) is 6.58 Å². The Morgan fingerprint density at radius 1 is 1.58 bits per heavy atom. The number of nitrogens with zero attached hydrogens (tertiary/aromatic N) is 2. The highest BCUT2D eigenvalue weighted by molar-refractivity contribution is 5.85. The van der Waals surface area contributed by atoms with Crippen molar-refractivity contribution in [2.75, 3.05) is 18.5 Å². The second kappa shape index (κ2) is 7.36. The number of aliphatic carboxylic acids is 1. The Morgan fingerprint density at radius 3 is 2.89 bits per heavy atom. The lowest BCUT2D eigenvalue weighted by atomic mass is 10.2. The quantitative estimate of drug-likeness (QED) is 0.465. The summed E-state index contributed by atoms with van der Waals surface area (Å²) in [5.74, 6) is -0.0280. The number of carboxylic acids is 1. The standard InChI is InChI=1S/C15H20N2O2/c1-4-5-6-9-17(3)15-12(2)10-13(11-16-15)7-8-14(18)19/h4,7-8,10-11H,1,5-6,9H2,2-3H3,(H,18,19)/b8-7+. The molecule has 0 atom stereocenters. The largest absolute Gasteiger partial charge is 0.478 e. The molecule has 0 aliphatic carbocycles. The van der Waals surface area contributed by atoms with Crippen LogP contribution in [0.2, 0.25) is 0 Å². The summed E-state index contributed by atoms with van der Waals surface area (Å²) in [4.78, 5) is 16.9. The smallest absolute Gasteiger partial charge is 0.328 e. The zero-order chi connectivity index (χ0) is 14.3. The zero-order valence-corrected chi connectivity index (χ0v) is 11.5. The fraction of sp³-hybridized carbons (Fsp3) is 0.333. The number of rotatable bonds is 7. The summed E-state index contributed by atoms with van der Waals surface area (Å²) in [5, 5.41) is 8.58. The van der Waals surface area contributed by atoms with Gasteiger partial charge in [0, 0.05) is 25.9 Å². The molecule has 102 valence electrons. The van der Waals surface area contributed by atoms with E-state index in [0.717, 1.165) is 42.4 Å². The van der Waals surface area contributed by atoms with Crippen molar-refractivity contribution in [3.05, 3.63) is 42.1 Å². The van der Waals surface area contributed by atoms with Crippen LogP contribution < -0.4 is 4.90 Å². The summed E-state index contributed by atoms with van der Waals surface area (Å²) >= 11 is 0. The monoisotopic (exact) mass is 260 g/mol. The van der Waals surface area contributed by atoms with Crippen LogP contribution >= 0.6 is 0 Å². The van der Waals surface area contributed by atoms with Crippen molar-refractivity contribution < 1.29 is 9.90 Å². The number of carboxylic acid groups (broad SMARTS) is 1. The molecular formula is C15H20N2O2. The molecule has 0 amide bonds. The Kier molecular flexibility index (Phi) is 5.79. The van der Waals surface area contributed by atoms with Gasteiger partial charge in [0.15, 0.2) is 0 Å². The Morgan fingerprint density at radius 2 is 2.32 bits per heavy atom. The topological polar surface area (TPSA) is 53.4 Å². The fourth-order valence-corrected chi connectivity index (χ4v) is 1.83. The van der Waals surface area contributed by atoms with Crippen molar-refractivity contribution in [1.82, 2.24) is 4.98 Å². The van der Waals surface area contributed by atoms with Crippen LogP contribution in [-0.4, -0.2) is 29.7 Å². The Bertz CT molecular complexity index is 481. The van der Waals surface area contributed by atoms with E-state index >= 15 is 0 Å². The van der Waals surface area contributed by atoms with E-state index in [9.17, 15) is 4.79 Å². The predicted molar refractivity (Wildman–Crippen MR) is 78.3 cm³/mol. The molecule has 0 unspecified atom stereocenters. The number of hydrogen-bond donors (Lipinski definition) is 1. The molecule has 0 saturated carbocycles. The van der Waals surface area contributed by atoms with Crippen LogP contribution in [0.1, 0.15) is 24.0 Å². The molecule has 1 aromatic rings. The summed E-state index contributed by atoms with van der Waals surface area (Å²) in [5.41, 5.74) is 1.83. The van der Waals surface area contributed by atoms with E-state index in [1.807, 2.05) is 26.1 Å². The molecule has 0 bridgehead atoms. The van der Waals surface area contributed by atoms with Gasteiger partial charge in [-0.2, -0.15) is 0 Å². The lowest BCUT2D eigenvalue weighted by Crippen LogP contribution is -2.20. The first-order valence-electron chi connectivity index (χ1n) is 6.24. The minimum Gasteiger partial charge on any atom is -0.478 e. The minimum absolute atomic E-state index is 0.795. The fourth-order valence-electron chi connectivity index (χ4n) is 1.83. The molecular weight excluding hydrogens is 240 g/mol. The molecule has 0 saturated heterocycles.